The van der Waals surface area contributed by atoms with Gasteiger partial charge in [-0.3, -0.25) is 0 Å². The van der Waals surface area contributed by atoms with Crippen molar-refractivity contribution in [2.24, 2.45) is 5.92 Å². The summed E-state index contributed by atoms with van der Waals surface area (Å²) in [5.74, 6) is 1.64. The third-order valence-corrected chi connectivity index (χ3v) is 2.99. The van der Waals surface area contributed by atoms with Crippen molar-refractivity contribution in [2.75, 3.05) is 6.61 Å². The van der Waals surface area contributed by atoms with E-state index in [9.17, 15) is 0 Å². The quantitative estimate of drug-likeness (QED) is 0.728. The van der Waals surface area contributed by atoms with Gasteiger partial charge in [-0.25, -0.2) is 9.97 Å². The molecule has 0 amide bonds. The molecule has 0 N–H and O–H groups in total. The van der Waals surface area contributed by atoms with Gasteiger partial charge >= 0.3 is 0 Å². The predicted molar refractivity (Wildman–Crippen MR) is 52.3 cm³/mol. The highest BCUT2D eigenvalue weighted by Gasteiger charge is 2.24. The number of nitrogens with zero attached hydrogens (tertiary/aromatic N) is 2. The first-order chi connectivity index (χ1) is 6.93. The lowest BCUT2D eigenvalue weighted by Gasteiger charge is -2.07. The van der Waals surface area contributed by atoms with Crippen LogP contribution in [0.1, 0.15) is 30.5 Å². The van der Waals surface area contributed by atoms with Crippen LogP contribution >= 0.6 is 0 Å². The predicted octanol–water partition coefficient (Wildman–Crippen LogP) is 1.75. The molecule has 3 heteroatoms. The van der Waals surface area contributed by atoms with Crippen molar-refractivity contribution < 1.29 is 4.74 Å². The third-order valence-electron chi connectivity index (χ3n) is 2.99. The Balaban J connectivity index is 1.78. The molecule has 74 valence electrons. The van der Waals surface area contributed by atoms with Crippen molar-refractivity contribution in [3.63, 3.8) is 0 Å². The van der Waals surface area contributed by atoms with Crippen molar-refractivity contribution in [2.45, 2.75) is 32.1 Å². The van der Waals surface area contributed by atoms with Gasteiger partial charge in [0.25, 0.3) is 0 Å². The molecule has 2 aliphatic rings. The van der Waals surface area contributed by atoms with Crippen LogP contribution in [0.5, 0.6) is 5.88 Å². The minimum atomic E-state index is 0.794. The Morgan fingerprint density at radius 2 is 2.21 bits per heavy atom. The van der Waals surface area contributed by atoms with E-state index in [0.29, 0.717) is 0 Å². The second kappa shape index (κ2) is 3.23. The highest BCUT2D eigenvalue weighted by molar-refractivity contribution is 5.33. The maximum absolute atomic E-state index is 5.72. The molecule has 0 unspecified atom stereocenters. The topological polar surface area (TPSA) is 35.0 Å². The molecule has 1 heterocycles. The van der Waals surface area contributed by atoms with Gasteiger partial charge in [0.1, 0.15) is 6.33 Å². The van der Waals surface area contributed by atoms with E-state index in [1.807, 2.05) is 0 Å². The zero-order valence-electron chi connectivity index (χ0n) is 8.20. The molecule has 1 aromatic rings. The Kier molecular flexibility index (Phi) is 1.89. The molecule has 1 saturated carbocycles. The summed E-state index contributed by atoms with van der Waals surface area (Å²) in [7, 11) is 0. The highest BCUT2D eigenvalue weighted by atomic mass is 16.5. The standard InChI is InChI=1S/C11H14N2O/c1-2-9-10(3-1)12-7-13-11(9)14-6-8-4-5-8/h7-8H,1-6H2. The number of aromatic nitrogens is 2. The van der Waals surface area contributed by atoms with Crippen LogP contribution in [0.3, 0.4) is 0 Å². The van der Waals surface area contributed by atoms with E-state index in [1.54, 1.807) is 6.33 Å². The molecular formula is C11H14N2O. The molecule has 0 aliphatic heterocycles. The fourth-order valence-electron chi connectivity index (χ4n) is 1.94. The fourth-order valence-corrected chi connectivity index (χ4v) is 1.94. The molecule has 0 bridgehead atoms. The van der Waals surface area contributed by atoms with Gasteiger partial charge in [-0.2, -0.15) is 0 Å². The van der Waals surface area contributed by atoms with Crippen LogP contribution in [0.4, 0.5) is 0 Å². The Labute approximate surface area is 83.5 Å². The maximum atomic E-state index is 5.72. The minimum Gasteiger partial charge on any atom is -0.477 e. The lowest BCUT2D eigenvalue weighted by Crippen LogP contribution is -2.04. The summed E-state index contributed by atoms with van der Waals surface area (Å²) in [6.07, 6.45) is 7.68. The monoisotopic (exact) mass is 190 g/mol. The summed E-state index contributed by atoms with van der Waals surface area (Å²) < 4.78 is 5.72. The van der Waals surface area contributed by atoms with E-state index < -0.39 is 0 Å². The van der Waals surface area contributed by atoms with Crippen LogP contribution < -0.4 is 4.74 Å². The Hall–Kier alpha value is -1.12. The first-order valence-corrected chi connectivity index (χ1v) is 5.39. The van der Waals surface area contributed by atoms with Gasteiger partial charge in [-0.1, -0.05) is 0 Å². The van der Waals surface area contributed by atoms with Gasteiger partial charge in [-0.05, 0) is 38.0 Å². The molecule has 1 fully saturated rings. The van der Waals surface area contributed by atoms with E-state index in [-0.39, 0.29) is 0 Å². The van der Waals surface area contributed by atoms with E-state index in [2.05, 4.69) is 9.97 Å². The fraction of sp³-hybridized carbons (Fsp3) is 0.636. The number of aryl methyl sites for hydroxylation is 1. The number of ether oxygens (including phenoxy) is 1. The molecule has 3 nitrogen and oxygen atoms in total. The summed E-state index contributed by atoms with van der Waals surface area (Å²) in [6, 6.07) is 0. The average molecular weight is 190 g/mol. The number of hydrogen-bond acceptors (Lipinski definition) is 3. The smallest absolute Gasteiger partial charge is 0.219 e. The SMILES string of the molecule is c1nc2c(c(OCC3CC3)n1)CCC2. The van der Waals surface area contributed by atoms with Crippen molar-refractivity contribution in [3.05, 3.63) is 17.6 Å². The summed E-state index contributed by atoms with van der Waals surface area (Å²) in [6.45, 7) is 0.851. The van der Waals surface area contributed by atoms with Crippen LogP contribution in [-0.2, 0) is 12.8 Å². The molecule has 0 saturated heterocycles. The first-order valence-electron chi connectivity index (χ1n) is 5.39. The lowest BCUT2D eigenvalue weighted by molar-refractivity contribution is 0.285. The number of fused-ring (bicyclic) bond motifs is 1. The van der Waals surface area contributed by atoms with Gasteiger partial charge < -0.3 is 4.74 Å². The molecule has 2 aliphatic carbocycles. The summed E-state index contributed by atoms with van der Waals surface area (Å²) in [5.41, 5.74) is 2.46. The van der Waals surface area contributed by atoms with E-state index in [1.165, 1.54) is 30.5 Å². The summed E-state index contributed by atoms with van der Waals surface area (Å²) >= 11 is 0. The molecule has 0 aromatic carbocycles. The zero-order valence-corrected chi connectivity index (χ0v) is 8.20. The first kappa shape index (κ1) is 8.21. The van der Waals surface area contributed by atoms with Gasteiger partial charge in [0.05, 0.1) is 12.3 Å². The van der Waals surface area contributed by atoms with E-state index in [0.717, 1.165) is 31.2 Å². The highest BCUT2D eigenvalue weighted by Crippen LogP contribution is 2.31. The Morgan fingerprint density at radius 3 is 3.07 bits per heavy atom. The van der Waals surface area contributed by atoms with Crippen molar-refractivity contribution >= 4 is 0 Å². The van der Waals surface area contributed by atoms with Crippen molar-refractivity contribution in [1.29, 1.82) is 0 Å². The van der Waals surface area contributed by atoms with Crippen LogP contribution in [0, 0.1) is 5.92 Å². The van der Waals surface area contributed by atoms with Crippen molar-refractivity contribution in [1.82, 2.24) is 9.97 Å². The largest absolute Gasteiger partial charge is 0.477 e. The Morgan fingerprint density at radius 1 is 1.29 bits per heavy atom. The molecular weight excluding hydrogens is 176 g/mol. The molecule has 0 atom stereocenters. The molecule has 14 heavy (non-hydrogen) atoms. The molecule has 0 radical (unpaired) electrons. The van der Waals surface area contributed by atoms with Crippen LogP contribution in [0.15, 0.2) is 6.33 Å². The second-order valence-electron chi connectivity index (χ2n) is 4.21. The van der Waals surface area contributed by atoms with Crippen LogP contribution in [-0.4, -0.2) is 16.6 Å². The molecule has 3 rings (SSSR count). The van der Waals surface area contributed by atoms with Crippen LogP contribution in [0.2, 0.25) is 0 Å². The van der Waals surface area contributed by atoms with Gasteiger partial charge in [0.2, 0.25) is 5.88 Å². The second-order valence-corrected chi connectivity index (χ2v) is 4.21. The minimum absolute atomic E-state index is 0.794. The summed E-state index contributed by atoms with van der Waals surface area (Å²) in [5, 5.41) is 0. The van der Waals surface area contributed by atoms with E-state index >= 15 is 0 Å². The van der Waals surface area contributed by atoms with Crippen LogP contribution in [0.25, 0.3) is 0 Å². The third kappa shape index (κ3) is 1.47. The van der Waals surface area contributed by atoms with Gasteiger partial charge in [-0.15, -0.1) is 0 Å². The Bertz CT molecular complexity index is 347. The van der Waals surface area contributed by atoms with Crippen molar-refractivity contribution in [3.8, 4) is 5.88 Å². The van der Waals surface area contributed by atoms with Gasteiger partial charge in [0.15, 0.2) is 0 Å². The number of rotatable bonds is 3. The normalized spacial score (nSPS) is 19.4. The lowest BCUT2D eigenvalue weighted by atomic mass is 10.2. The average Bonchev–Trinajstić information content (AvgIpc) is 2.91. The summed E-state index contributed by atoms with van der Waals surface area (Å²) in [4.78, 5) is 8.49. The number of hydrogen-bond donors (Lipinski definition) is 0. The van der Waals surface area contributed by atoms with E-state index in [4.69, 9.17) is 4.74 Å². The zero-order chi connectivity index (χ0) is 9.38. The molecule has 1 aromatic heterocycles. The van der Waals surface area contributed by atoms with Gasteiger partial charge in [0, 0.05) is 5.56 Å². The molecule has 0 spiro atoms. The maximum Gasteiger partial charge on any atom is 0.219 e.